The van der Waals surface area contributed by atoms with Gasteiger partial charge in [-0.15, -0.1) is 0 Å². The first-order chi connectivity index (χ1) is 12.0. The zero-order valence-corrected chi connectivity index (χ0v) is 15.7. The quantitative estimate of drug-likeness (QED) is 0.746. The molecule has 2 N–H and O–H groups in total. The standard InChI is InChI=1S/C20H31N3O2/c1-15-8-9-18(13-16(15)2)20(25)22-14-19(24)21-10-6-12-23-11-5-4-7-17(23)3/h8-9,13,17H,4-7,10-12,14H2,1-3H3,(H,21,24)(H,22,25). The highest BCUT2D eigenvalue weighted by molar-refractivity contribution is 5.96. The van der Waals surface area contributed by atoms with Crippen molar-refractivity contribution in [1.29, 1.82) is 0 Å². The number of carbonyl (C=O) groups excluding carboxylic acids is 2. The molecule has 1 aromatic carbocycles. The zero-order valence-electron chi connectivity index (χ0n) is 15.7. The molecule has 0 saturated carbocycles. The number of aryl methyl sites for hydroxylation is 2. The molecule has 0 spiro atoms. The van der Waals surface area contributed by atoms with E-state index in [-0.39, 0.29) is 18.4 Å². The molecule has 1 aliphatic heterocycles. The Kier molecular flexibility index (Phi) is 7.44. The number of hydrogen-bond acceptors (Lipinski definition) is 3. The van der Waals surface area contributed by atoms with Crippen LogP contribution in [-0.4, -0.2) is 48.9 Å². The van der Waals surface area contributed by atoms with E-state index in [1.54, 1.807) is 6.07 Å². The van der Waals surface area contributed by atoms with Gasteiger partial charge in [-0.25, -0.2) is 0 Å². The van der Waals surface area contributed by atoms with E-state index in [0.29, 0.717) is 18.2 Å². The lowest BCUT2D eigenvalue weighted by Crippen LogP contribution is -2.40. The second kappa shape index (κ2) is 9.56. The molecule has 1 heterocycles. The van der Waals surface area contributed by atoms with Crippen molar-refractivity contribution in [2.24, 2.45) is 0 Å². The maximum atomic E-state index is 12.1. The number of hydrogen-bond donors (Lipinski definition) is 2. The molecule has 0 radical (unpaired) electrons. The van der Waals surface area contributed by atoms with E-state index in [0.717, 1.165) is 24.1 Å². The Hall–Kier alpha value is -1.88. The fourth-order valence-electron chi connectivity index (χ4n) is 3.21. The topological polar surface area (TPSA) is 61.4 Å². The van der Waals surface area contributed by atoms with E-state index in [1.807, 2.05) is 26.0 Å². The van der Waals surface area contributed by atoms with Gasteiger partial charge in [-0.3, -0.25) is 9.59 Å². The molecule has 0 aromatic heterocycles. The molecule has 2 rings (SSSR count). The van der Waals surface area contributed by atoms with Gasteiger partial charge >= 0.3 is 0 Å². The first-order valence-electron chi connectivity index (χ1n) is 9.33. The van der Waals surface area contributed by atoms with Crippen LogP contribution in [0.5, 0.6) is 0 Å². The van der Waals surface area contributed by atoms with Gasteiger partial charge in [-0.05, 0) is 69.8 Å². The molecule has 0 aliphatic carbocycles. The molecule has 2 amide bonds. The van der Waals surface area contributed by atoms with Gasteiger partial charge in [0.05, 0.1) is 6.54 Å². The smallest absolute Gasteiger partial charge is 0.251 e. The fourth-order valence-corrected chi connectivity index (χ4v) is 3.21. The minimum atomic E-state index is -0.208. The summed E-state index contributed by atoms with van der Waals surface area (Å²) in [6.07, 6.45) is 4.83. The van der Waals surface area contributed by atoms with Crippen LogP contribution in [0.15, 0.2) is 18.2 Å². The summed E-state index contributed by atoms with van der Waals surface area (Å²) >= 11 is 0. The third kappa shape index (κ3) is 6.16. The molecule has 1 unspecified atom stereocenters. The van der Waals surface area contributed by atoms with Crippen LogP contribution in [0, 0.1) is 13.8 Å². The van der Waals surface area contributed by atoms with Crippen molar-refractivity contribution < 1.29 is 9.59 Å². The van der Waals surface area contributed by atoms with Crippen LogP contribution in [0.4, 0.5) is 0 Å². The van der Waals surface area contributed by atoms with Crippen LogP contribution < -0.4 is 10.6 Å². The number of nitrogens with one attached hydrogen (secondary N) is 2. The van der Waals surface area contributed by atoms with E-state index in [2.05, 4.69) is 22.5 Å². The van der Waals surface area contributed by atoms with Gasteiger partial charge in [0, 0.05) is 24.7 Å². The molecule has 1 aromatic rings. The van der Waals surface area contributed by atoms with Gasteiger partial charge in [0.25, 0.3) is 5.91 Å². The third-order valence-corrected chi connectivity index (χ3v) is 5.06. The third-order valence-electron chi connectivity index (χ3n) is 5.06. The van der Waals surface area contributed by atoms with E-state index >= 15 is 0 Å². The second-order valence-corrected chi connectivity index (χ2v) is 7.07. The molecule has 1 fully saturated rings. The maximum Gasteiger partial charge on any atom is 0.251 e. The Labute approximate surface area is 151 Å². The molecule has 138 valence electrons. The van der Waals surface area contributed by atoms with Crippen LogP contribution >= 0.6 is 0 Å². The van der Waals surface area contributed by atoms with Crippen molar-refractivity contribution in [2.75, 3.05) is 26.2 Å². The summed E-state index contributed by atoms with van der Waals surface area (Å²) in [4.78, 5) is 26.5. The maximum absolute atomic E-state index is 12.1. The Bertz CT molecular complexity index is 601. The van der Waals surface area contributed by atoms with Crippen LogP contribution in [0.3, 0.4) is 0 Å². The molecule has 0 bridgehead atoms. The Morgan fingerprint density at radius 2 is 1.96 bits per heavy atom. The monoisotopic (exact) mass is 345 g/mol. The number of amides is 2. The van der Waals surface area contributed by atoms with Crippen molar-refractivity contribution in [3.05, 3.63) is 34.9 Å². The number of benzene rings is 1. The Balaban J connectivity index is 1.63. The molecular formula is C20H31N3O2. The predicted molar refractivity (Wildman–Crippen MR) is 101 cm³/mol. The van der Waals surface area contributed by atoms with Gasteiger partial charge in [0.15, 0.2) is 0 Å². The van der Waals surface area contributed by atoms with Gasteiger partial charge < -0.3 is 15.5 Å². The Morgan fingerprint density at radius 1 is 1.16 bits per heavy atom. The molecule has 5 nitrogen and oxygen atoms in total. The van der Waals surface area contributed by atoms with Gasteiger partial charge in [0.2, 0.25) is 5.91 Å². The normalized spacial score (nSPS) is 18.0. The molecule has 1 atom stereocenters. The van der Waals surface area contributed by atoms with E-state index < -0.39 is 0 Å². The second-order valence-electron chi connectivity index (χ2n) is 7.07. The lowest BCUT2D eigenvalue weighted by Gasteiger charge is -2.33. The van der Waals surface area contributed by atoms with Crippen LogP contribution in [0.2, 0.25) is 0 Å². The SMILES string of the molecule is Cc1ccc(C(=O)NCC(=O)NCCCN2CCCCC2C)cc1C. The molecule has 1 saturated heterocycles. The van der Waals surface area contributed by atoms with E-state index in [1.165, 1.54) is 25.8 Å². The molecule has 1 aliphatic rings. The lowest BCUT2D eigenvalue weighted by molar-refractivity contribution is -0.120. The van der Waals surface area contributed by atoms with E-state index in [9.17, 15) is 9.59 Å². The fraction of sp³-hybridized carbons (Fsp3) is 0.600. The largest absolute Gasteiger partial charge is 0.355 e. The first kappa shape index (κ1) is 19.4. The number of likely N-dealkylation sites (tertiary alicyclic amines) is 1. The molecule has 5 heteroatoms. The van der Waals surface area contributed by atoms with Crippen LogP contribution in [0.25, 0.3) is 0 Å². The summed E-state index contributed by atoms with van der Waals surface area (Å²) in [6.45, 7) is 9.13. The zero-order chi connectivity index (χ0) is 18.2. The summed E-state index contributed by atoms with van der Waals surface area (Å²) in [5.74, 6) is -0.343. The minimum absolute atomic E-state index is 0.0197. The highest BCUT2D eigenvalue weighted by atomic mass is 16.2. The number of nitrogens with zero attached hydrogens (tertiary/aromatic N) is 1. The predicted octanol–water partition coefficient (Wildman–Crippen LogP) is 2.41. The highest BCUT2D eigenvalue weighted by Gasteiger charge is 2.17. The average Bonchev–Trinajstić information content (AvgIpc) is 2.60. The highest BCUT2D eigenvalue weighted by Crippen LogP contribution is 2.16. The summed E-state index contributed by atoms with van der Waals surface area (Å²) < 4.78 is 0. The van der Waals surface area contributed by atoms with Gasteiger partial charge in [-0.1, -0.05) is 12.5 Å². The van der Waals surface area contributed by atoms with Crippen LogP contribution in [0.1, 0.15) is 54.1 Å². The van der Waals surface area contributed by atoms with Crippen molar-refractivity contribution >= 4 is 11.8 Å². The summed E-state index contributed by atoms with van der Waals surface area (Å²) in [6, 6.07) is 6.21. The number of rotatable bonds is 7. The lowest BCUT2D eigenvalue weighted by atomic mass is 10.0. The minimum Gasteiger partial charge on any atom is -0.355 e. The van der Waals surface area contributed by atoms with Crippen molar-refractivity contribution in [2.45, 2.75) is 52.5 Å². The van der Waals surface area contributed by atoms with Crippen molar-refractivity contribution in [3.8, 4) is 0 Å². The summed E-state index contributed by atoms with van der Waals surface area (Å²) in [5, 5.41) is 5.57. The van der Waals surface area contributed by atoms with Gasteiger partial charge in [0.1, 0.15) is 0 Å². The number of piperidine rings is 1. The van der Waals surface area contributed by atoms with Crippen LogP contribution in [-0.2, 0) is 4.79 Å². The summed E-state index contributed by atoms with van der Waals surface area (Å²) in [5.41, 5.74) is 2.82. The Morgan fingerprint density at radius 3 is 2.68 bits per heavy atom. The van der Waals surface area contributed by atoms with Crippen molar-refractivity contribution in [1.82, 2.24) is 15.5 Å². The average molecular weight is 345 g/mol. The first-order valence-corrected chi connectivity index (χ1v) is 9.33. The summed E-state index contributed by atoms with van der Waals surface area (Å²) in [7, 11) is 0. The van der Waals surface area contributed by atoms with E-state index in [4.69, 9.17) is 0 Å². The molecular weight excluding hydrogens is 314 g/mol. The number of carbonyl (C=O) groups is 2. The molecule has 25 heavy (non-hydrogen) atoms. The van der Waals surface area contributed by atoms with Crippen molar-refractivity contribution in [3.63, 3.8) is 0 Å². The van der Waals surface area contributed by atoms with Gasteiger partial charge in [-0.2, -0.15) is 0 Å².